The Morgan fingerprint density at radius 3 is 1.42 bits per heavy atom. The number of amides is 6. The van der Waals surface area contributed by atoms with E-state index in [-0.39, 0.29) is 13.5 Å². The maximum Gasteiger partial charge on any atom is 0.495 e. The molecule has 24 heteroatoms. The maximum atomic E-state index is 12.9. The number of rotatable bonds is 16. The second-order valence-corrected chi connectivity index (χ2v) is 29.9. The van der Waals surface area contributed by atoms with Crippen LogP contribution in [0.3, 0.4) is 0 Å². The van der Waals surface area contributed by atoms with Crippen molar-refractivity contribution in [2.45, 2.75) is 157 Å². The average Bonchev–Trinajstić information content (AvgIpc) is 1.70. The molecule has 8 aromatic carbocycles. The van der Waals surface area contributed by atoms with E-state index in [9.17, 15) is 19.2 Å². The number of urea groups is 2. The van der Waals surface area contributed by atoms with Crippen LogP contribution in [0.5, 0.6) is 11.5 Å². The number of H-pyrrole nitrogens is 2. The van der Waals surface area contributed by atoms with E-state index < -0.39 is 52.8 Å². The Morgan fingerprint density at radius 2 is 0.940 bits per heavy atom. The van der Waals surface area contributed by atoms with Gasteiger partial charge in [-0.1, -0.05) is 84.9 Å². The van der Waals surface area contributed by atoms with Gasteiger partial charge in [0.2, 0.25) is 0 Å². The maximum absolute atomic E-state index is 12.9. The zero-order valence-electron chi connectivity index (χ0n) is 59.8. The number of nitrogen functional groups attached to an aromatic ring is 2. The van der Waals surface area contributed by atoms with Crippen molar-refractivity contribution in [1.29, 1.82) is 0 Å². The Balaban J connectivity index is 0.000000202. The van der Waals surface area contributed by atoms with Crippen LogP contribution in [0.15, 0.2) is 150 Å². The number of aryl methyl sites for hydroxylation is 2. The Morgan fingerprint density at radius 1 is 0.520 bits per heavy atom. The summed E-state index contributed by atoms with van der Waals surface area (Å²) in [4.78, 5) is 49.7. The molecule has 6 amide bonds. The number of halogens is 1. The molecule has 0 radical (unpaired) electrons. The lowest BCUT2D eigenvalue weighted by Crippen LogP contribution is -2.46. The van der Waals surface area contributed by atoms with E-state index in [4.69, 9.17) is 39.7 Å². The number of anilines is 6. The highest BCUT2D eigenvalue weighted by Gasteiger charge is 2.52. The summed E-state index contributed by atoms with van der Waals surface area (Å²) in [6, 6.07) is 45.9. The van der Waals surface area contributed by atoms with E-state index in [0.29, 0.717) is 60.4 Å². The Hall–Kier alpha value is -10.0. The molecule has 1 fully saturated rings. The summed E-state index contributed by atoms with van der Waals surface area (Å²) in [5, 5.41) is 37.0. The number of benzene rings is 8. The summed E-state index contributed by atoms with van der Waals surface area (Å²) in [5.74, 6) is 2.03. The predicted molar refractivity (Wildman–Crippen MR) is 408 cm³/mol. The van der Waals surface area contributed by atoms with Crippen molar-refractivity contribution < 1.29 is 48.9 Å². The van der Waals surface area contributed by atoms with Gasteiger partial charge in [-0.15, -0.1) is 0 Å². The molecule has 100 heavy (non-hydrogen) atoms. The molecule has 528 valence electrons. The Bertz CT molecular complexity index is 4620. The zero-order valence-corrected chi connectivity index (χ0v) is 61.4. The van der Waals surface area contributed by atoms with E-state index >= 15 is 0 Å². The largest absolute Gasteiger partial charge is 0.495 e. The molecule has 0 atom stereocenters. The third-order valence-corrected chi connectivity index (χ3v) is 17.4. The summed E-state index contributed by atoms with van der Waals surface area (Å²) in [5.41, 5.74) is 18.5. The third kappa shape index (κ3) is 19.0. The first-order valence-corrected chi connectivity index (χ1v) is 33.9. The number of hydrogen-bond acceptors (Lipinski definition) is 14. The molecule has 22 nitrogen and oxygen atoms in total. The van der Waals surface area contributed by atoms with Crippen LogP contribution in [0, 0.1) is 13.8 Å². The first kappa shape index (κ1) is 74.2. The quantitative estimate of drug-likeness (QED) is 0.0403. The Labute approximate surface area is 594 Å². The van der Waals surface area contributed by atoms with Gasteiger partial charge in [-0.2, -0.15) is 10.2 Å². The number of aromatic amines is 2. The molecular weight excluding hydrogens is 1330 g/mol. The van der Waals surface area contributed by atoms with Gasteiger partial charge in [0, 0.05) is 52.0 Å². The van der Waals surface area contributed by atoms with Crippen LogP contribution in [-0.2, 0) is 18.8 Å². The van der Waals surface area contributed by atoms with Crippen molar-refractivity contribution in [1.82, 2.24) is 31.0 Å². The number of carbonyl (C=O) groups excluding carboxylic acids is 4. The van der Waals surface area contributed by atoms with E-state index in [1.165, 1.54) is 0 Å². The summed E-state index contributed by atoms with van der Waals surface area (Å²) in [7, 11) is -0.463. The van der Waals surface area contributed by atoms with Crippen molar-refractivity contribution in [3.05, 3.63) is 161 Å². The molecular formula is C76H94BBrN12O10. The summed E-state index contributed by atoms with van der Waals surface area (Å²) in [6.45, 7) is 31.5. The smallest absolute Gasteiger partial charge is 0.491 e. The highest BCUT2D eigenvalue weighted by Crippen LogP contribution is 2.42. The number of hydrogen-bond donors (Lipinski definition) is 10. The van der Waals surface area contributed by atoms with Gasteiger partial charge < -0.3 is 71.6 Å². The second kappa shape index (κ2) is 30.2. The number of nitrogens with zero attached hydrogens (tertiary/aromatic N) is 2. The minimum absolute atomic E-state index is 0. The SMILES string of the molecule is CC(C)(CCOc1ccc(Br)c2c(N)n[nH]c12)NC(=O)OC(C)(C)C.Cc1cccc(NC(=O)Nc2ccc(-c3ccc(OCCC(C)(C)NC(=O)OC(C)(C)C)c4[nH]nc(N)c34)c3ccccc23)c1.Cc1cccc(NC(=O)Nc2ccc(B3OC(C)(C)C(C)(C)O3)c3ccccc23)c1.[2HH]. The number of fused-ring (bicyclic) bond motifs is 4. The predicted octanol–water partition coefficient (Wildman–Crippen LogP) is 17.3. The minimum atomic E-state index is -0.580. The van der Waals surface area contributed by atoms with Crippen LogP contribution in [0.25, 0.3) is 54.5 Å². The van der Waals surface area contributed by atoms with E-state index in [1.807, 2.05) is 256 Å². The molecule has 3 heterocycles. The number of nitrogens with one attached hydrogen (secondary N) is 8. The third-order valence-electron chi connectivity index (χ3n) is 16.7. The van der Waals surface area contributed by atoms with Crippen LogP contribution in [-0.4, -0.2) is 98.5 Å². The normalized spacial score (nSPS) is 13.5. The fourth-order valence-corrected chi connectivity index (χ4v) is 11.6. The molecule has 1 saturated heterocycles. The molecule has 10 aromatic rings. The van der Waals surface area contributed by atoms with Crippen molar-refractivity contribution in [3.8, 4) is 22.6 Å². The van der Waals surface area contributed by atoms with Gasteiger partial charge in [0.05, 0.1) is 46.6 Å². The standard InChI is InChI=1S/C35H40N6O4.C24H27BN2O3.C17H25BrN4O3.H2/c1-21-10-9-11-22(20-21)37-32(42)38-27-16-14-24(23-12-7-8-13-25(23)27)26-15-17-28(30-29(26)31(36)41-40-30)44-19-18-35(5,6)39-33(43)45-34(2,3)4;1-16-9-8-10-17(15-16)26-22(28)27-21-14-13-20(18-11-6-7-12-19(18)21)25-29-23(2,3)24(4,5)30-25;1-16(2,3)25-15(23)20-17(4,5)8-9-24-11-7-6-10(18)12-13(11)21-22-14(12)19;/h7-17,20H,18-19H2,1-6H3,(H,39,43)(H3,36,40,41)(H2,37,38,42);6-15H,1-5H3,(H2,26,27,28);6-7H,8-9H2,1-5H3,(H,20,23)(H3,19,21,22);1H/i;;;1+1. The molecule has 2 aromatic heterocycles. The topological polar surface area (TPSA) is 305 Å². The summed E-state index contributed by atoms with van der Waals surface area (Å²) in [6.07, 6.45) is 0.231. The summed E-state index contributed by atoms with van der Waals surface area (Å²) >= 11 is 3.45. The van der Waals surface area contributed by atoms with Gasteiger partial charge in [-0.25, -0.2) is 19.2 Å². The number of ether oxygens (including phenoxy) is 4. The monoisotopic (exact) mass is 1430 g/mol. The van der Waals surface area contributed by atoms with Crippen LogP contribution in [0.1, 0.15) is 122 Å². The minimum Gasteiger partial charge on any atom is -0.491 e. The molecule has 12 N–H and O–H groups in total. The van der Waals surface area contributed by atoms with Crippen molar-refractivity contribution in [2.24, 2.45) is 0 Å². The fourth-order valence-electron chi connectivity index (χ4n) is 11.1. The van der Waals surface area contributed by atoms with E-state index in [0.717, 1.165) is 87.1 Å². The van der Waals surface area contributed by atoms with Gasteiger partial charge in [-0.3, -0.25) is 10.2 Å². The number of carbonyl (C=O) groups is 4. The van der Waals surface area contributed by atoms with Gasteiger partial charge in [-0.05, 0) is 226 Å². The molecule has 11 rings (SSSR count). The van der Waals surface area contributed by atoms with Crippen LogP contribution in [0.2, 0.25) is 0 Å². The van der Waals surface area contributed by atoms with Gasteiger partial charge >= 0.3 is 31.4 Å². The molecule has 0 unspecified atom stereocenters. The lowest BCUT2D eigenvalue weighted by molar-refractivity contribution is 0.00578. The van der Waals surface area contributed by atoms with Crippen LogP contribution >= 0.6 is 15.9 Å². The summed E-state index contributed by atoms with van der Waals surface area (Å²) < 4.78 is 36.1. The molecule has 0 spiro atoms. The first-order chi connectivity index (χ1) is 46.9. The van der Waals surface area contributed by atoms with Crippen LogP contribution in [0.4, 0.5) is 53.6 Å². The second-order valence-electron chi connectivity index (χ2n) is 29.0. The molecule has 1 aliphatic rings. The Kier molecular flexibility index (Phi) is 22.4. The van der Waals surface area contributed by atoms with Crippen molar-refractivity contribution in [2.75, 3.05) is 45.9 Å². The highest BCUT2D eigenvalue weighted by atomic mass is 79.9. The molecule has 0 saturated carbocycles. The average molecular weight is 1430 g/mol. The first-order valence-electron chi connectivity index (χ1n) is 33.1. The van der Waals surface area contributed by atoms with Gasteiger partial charge in [0.25, 0.3) is 0 Å². The number of nitrogens with two attached hydrogens (primary N) is 2. The lowest BCUT2D eigenvalue weighted by Gasteiger charge is -2.32. The van der Waals surface area contributed by atoms with Crippen molar-refractivity contribution >= 4 is 130 Å². The zero-order chi connectivity index (χ0) is 72.7. The molecule has 0 aliphatic carbocycles. The van der Waals surface area contributed by atoms with Crippen molar-refractivity contribution in [3.63, 3.8) is 0 Å². The molecule has 0 bridgehead atoms. The highest BCUT2D eigenvalue weighted by molar-refractivity contribution is 9.10. The fraction of sp³-hybridized carbons (Fsp3) is 0.342. The number of aromatic nitrogens is 4. The molecule has 1 aliphatic heterocycles. The van der Waals surface area contributed by atoms with Crippen LogP contribution < -0.4 is 58.3 Å². The van der Waals surface area contributed by atoms with Gasteiger partial charge in [0.1, 0.15) is 33.7 Å². The lowest BCUT2D eigenvalue weighted by atomic mass is 9.76. The van der Waals surface area contributed by atoms with E-state index in [1.54, 1.807) is 0 Å². The van der Waals surface area contributed by atoms with Gasteiger partial charge in [0.15, 0.2) is 11.6 Å². The number of alkyl carbamates (subject to hydrolysis) is 2. The van der Waals surface area contributed by atoms with E-state index in [2.05, 4.69) is 68.2 Å².